The Morgan fingerprint density at radius 1 is 1.25 bits per heavy atom. The van der Waals surface area contributed by atoms with Gasteiger partial charge in [0.25, 0.3) is 0 Å². The van der Waals surface area contributed by atoms with Gasteiger partial charge in [-0.3, -0.25) is 9.36 Å². The van der Waals surface area contributed by atoms with E-state index in [0.29, 0.717) is 6.42 Å². The molecule has 16 heavy (non-hydrogen) atoms. The summed E-state index contributed by atoms with van der Waals surface area (Å²) < 4.78 is 1.78. The maximum absolute atomic E-state index is 12.1. The Morgan fingerprint density at radius 3 is 2.81 bits per heavy atom. The molecule has 0 spiro atoms. The Kier molecular flexibility index (Phi) is 1.76. The first-order valence-electron chi connectivity index (χ1n) is 5.56. The van der Waals surface area contributed by atoms with Crippen LogP contribution in [0.5, 0.6) is 0 Å². The first kappa shape index (κ1) is 9.58. The highest BCUT2D eigenvalue weighted by Crippen LogP contribution is 2.33. The van der Waals surface area contributed by atoms with Crippen molar-refractivity contribution < 1.29 is 4.79 Å². The lowest BCUT2D eigenvalue weighted by atomic mass is 9.83. The van der Waals surface area contributed by atoms with E-state index in [1.54, 1.807) is 4.57 Å². The molecule has 0 atom stereocenters. The minimum atomic E-state index is 0.0362. The highest BCUT2D eigenvalue weighted by molar-refractivity contribution is 5.92. The fourth-order valence-electron chi connectivity index (χ4n) is 2.45. The predicted molar refractivity (Wildman–Crippen MR) is 62.5 cm³/mol. The molecule has 0 N–H and O–H groups in total. The van der Waals surface area contributed by atoms with Crippen LogP contribution in [0, 0.1) is 5.41 Å². The molecule has 0 amide bonds. The van der Waals surface area contributed by atoms with Crippen LogP contribution in [0.2, 0.25) is 0 Å². The van der Waals surface area contributed by atoms with E-state index < -0.39 is 0 Å². The second-order valence-electron chi connectivity index (χ2n) is 5.26. The number of nitrogens with zero attached hydrogens (tertiary/aromatic N) is 2. The average molecular weight is 214 g/mol. The molecular formula is C13H14N2O. The van der Waals surface area contributed by atoms with Crippen molar-refractivity contribution in [3.05, 3.63) is 30.1 Å². The number of carbonyl (C=O) groups excluding carboxylic acids is 1. The van der Waals surface area contributed by atoms with Crippen LogP contribution in [0.3, 0.4) is 0 Å². The largest absolute Gasteiger partial charge is 0.274 e. The summed E-state index contributed by atoms with van der Waals surface area (Å²) >= 11 is 0. The molecule has 1 aromatic carbocycles. The normalized spacial score (nSPS) is 18.8. The summed E-state index contributed by atoms with van der Waals surface area (Å²) in [6.45, 7) is 4.24. The molecule has 0 aliphatic carbocycles. The Hall–Kier alpha value is -1.64. The van der Waals surface area contributed by atoms with Crippen molar-refractivity contribution >= 4 is 16.9 Å². The second-order valence-corrected chi connectivity index (χ2v) is 5.26. The van der Waals surface area contributed by atoms with Crippen molar-refractivity contribution in [2.45, 2.75) is 26.7 Å². The minimum Gasteiger partial charge on any atom is -0.274 e. The maximum Gasteiger partial charge on any atom is 0.233 e. The molecule has 0 saturated heterocycles. The molecule has 3 nitrogen and oxygen atoms in total. The number of fused-ring (bicyclic) bond motifs is 3. The van der Waals surface area contributed by atoms with E-state index in [1.165, 1.54) is 0 Å². The van der Waals surface area contributed by atoms with E-state index in [2.05, 4.69) is 18.8 Å². The molecule has 0 bridgehead atoms. The molecule has 2 heterocycles. The molecule has 3 rings (SSSR count). The monoisotopic (exact) mass is 214 g/mol. The lowest BCUT2D eigenvalue weighted by Gasteiger charge is -2.28. The molecule has 0 saturated carbocycles. The van der Waals surface area contributed by atoms with E-state index in [4.69, 9.17) is 0 Å². The van der Waals surface area contributed by atoms with Crippen molar-refractivity contribution in [3.8, 4) is 0 Å². The molecule has 1 aromatic heterocycles. The third-order valence-electron chi connectivity index (χ3n) is 3.15. The fourth-order valence-corrected chi connectivity index (χ4v) is 2.45. The molecule has 1 aliphatic heterocycles. The van der Waals surface area contributed by atoms with Crippen molar-refractivity contribution in [1.82, 2.24) is 9.55 Å². The summed E-state index contributed by atoms with van der Waals surface area (Å²) in [4.78, 5) is 16.6. The van der Waals surface area contributed by atoms with Gasteiger partial charge in [0.2, 0.25) is 5.91 Å². The molecule has 1 aliphatic rings. The Labute approximate surface area is 94.1 Å². The quantitative estimate of drug-likeness (QED) is 0.675. The van der Waals surface area contributed by atoms with E-state index in [0.717, 1.165) is 23.3 Å². The van der Waals surface area contributed by atoms with Crippen LogP contribution in [0.1, 0.15) is 30.9 Å². The van der Waals surface area contributed by atoms with Gasteiger partial charge in [-0.15, -0.1) is 0 Å². The first-order chi connectivity index (χ1) is 7.57. The van der Waals surface area contributed by atoms with Gasteiger partial charge in [0.05, 0.1) is 11.0 Å². The summed E-state index contributed by atoms with van der Waals surface area (Å²) in [5.74, 6) is 1.07. The summed E-state index contributed by atoms with van der Waals surface area (Å²) in [6, 6.07) is 7.82. The standard InChI is InChI=1S/C13H14N2O/c1-13(2)7-11-14-9-5-3-4-6-10(9)15(11)12(16)8-13/h3-6H,7-8H2,1-2H3. The van der Waals surface area contributed by atoms with Gasteiger partial charge in [-0.1, -0.05) is 26.0 Å². The zero-order chi connectivity index (χ0) is 11.3. The SMILES string of the molecule is CC1(C)CC(=O)n2c(nc3ccccc32)C1. The topological polar surface area (TPSA) is 34.9 Å². The van der Waals surface area contributed by atoms with E-state index in [-0.39, 0.29) is 11.3 Å². The van der Waals surface area contributed by atoms with Gasteiger partial charge in [0.1, 0.15) is 5.82 Å². The van der Waals surface area contributed by atoms with Gasteiger partial charge < -0.3 is 0 Å². The second kappa shape index (κ2) is 2.94. The summed E-state index contributed by atoms with van der Waals surface area (Å²) in [5.41, 5.74) is 1.90. The van der Waals surface area contributed by atoms with Crippen LogP contribution < -0.4 is 0 Å². The number of carbonyl (C=O) groups is 1. The van der Waals surface area contributed by atoms with E-state index in [9.17, 15) is 4.79 Å². The highest BCUT2D eigenvalue weighted by Gasteiger charge is 2.32. The van der Waals surface area contributed by atoms with E-state index in [1.807, 2.05) is 24.3 Å². The summed E-state index contributed by atoms with van der Waals surface area (Å²) in [7, 11) is 0. The first-order valence-corrected chi connectivity index (χ1v) is 5.56. The minimum absolute atomic E-state index is 0.0362. The van der Waals surface area contributed by atoms with Crippen molar-refractivity contribution in [3.63, 3.8) is 0 Å². The van der Waals surface area contributed by atoms with Crippen LogP contribution in [-0.2, 0) is 6.42 Å². The highest BCUT2D eigenvalue weighted by atomic mass is 16.2. The molecule has 0 unspecified atom stereocenters. The number of rotatable bonds is 0. The van der Waals surface area contributed by atoms with Gasteiger partial charge in [-0.25, -0.2) is 4.98 Å². The zero-order valence-electron chi connectivity index (χ0n) is 9.53. The Balaban J connectivity index is 2.29. The van der Waals surface area contributed by atoms with Gasteiger partial charge in [-0.05, 0) is 17.5 Å². The molecule has 0 radical (unpaired) electrons. The van der Waals surface area contributed by atoms with Crippen molar-refractivity contribution in [2.75, 3.05) is 0 Å². The lowest BCUT2D eigenvalue weighted by molar-refractivity contribution is 0.0813. The maximum atomic E-state index is 12.1. The van der Waals surface area contributed by atoms with Gasteiger partial charge >= 0.3 is 0 Å². The zero-order valence-corrected chi connectivity index (χ0v) is 9.53. The Morgan fingerprint density at radius 2 is 2.00 bits per heavy atom. The number of aromatic nitrogens is 2. The average Bonchev–Trinajstić information content (AvgIpc) is 2.52. The number of imidazole rings is 1. The van der Waals surface area contributed by atoms with Crippen molar-refractivity contribution in [2.24, 2.45) is 5.41 Å². The summed E-state index contributed by atoms with van der Waals surface area (Å²) in [5, 5.41) is 0. The van der Waals surface area contributed by atoms with Gasteiger partial charge in [-0.2, -0.15) is 0 Å². The third kappa shape index (κ3) is 1.28. The van der Waals surface area contributed by atoms with Crippen LogP contribution >= 0.6 is 0 Å². The third-order valence-corrected chi connectivity index (χ3v) is 3.15. The van der Waals surface area contributed by atoms with Crippen LogP contribution in [0.15, 0.2) is 24.3 Å². The van der Waals surface area contributed by atoms with Crippen LogP contribution in [0.25, 0.3) is 11.0 Å². The fraction of sp³-hybridized carbons (Fsp3) is 0.385. The molecule has 2 aromatic rings. The molecule has 0 fully saturated rings. The smallest absolute Gasteiger partial charge is 0.233 e. The van der Waals surface area contributed by atoms with Crippen LogP contribution in [0.4, 0.5) is 0 Å². The van der Waals surface area contributed by atoms with Crippen LogP contribution in [-0.4, -0.2) is 15.5 Å². The predicted octanol–water partition coefficient (Wildman–Crippen LogP) is 2.65. The number of hydrogen-bond donors (Lipinski definition) is 0. The van der Waals surface area contributed by atoms with Gasteiger partial charge in [0, 0.05) is 12.8 Å². The van der Waals surface area contributed by atoms with E-state index >= 15 is 0 Å². The summed E-state index contributed by atoms with van der Waals surface area (Å²) in [6.07, 6.45) is 1.47. The number of benzene rings is 1. The molecular weight excluding hydrogens is 200 g/mol. The molecule has 3 heteroatoms. The molecule has 82 valence electrons. The Bertz CT molecular complexity index is 581. The van der Waals surface area contributed by atoms with Crippen molar-refractivity contribution in [1.29, 1.82) is 0 Å². The number of para-hydroxylation sites is 2. The number of hydrogen-bond acceptors (Lipinski definition) is 2. The van der Waals surface area contributed by atoms with Gasteiger partial charge in [0.15, 0.2) is 0 Å². The lowest BCUT2D eigenvalue weighted by Crippen LogP contribution is -2.31.